The molecule has 1 N–H and O–H groups in total. The molecule has 0 unspecified atom stereocenters. The molecule has 0 bridgehead atoms. The summed E-state index contributed by atoms with van der Waals surface area (Å²) in [5.74, 6) is 1.31. The number of benzene rings is 2. The summed E-state index contributed by atoms with van der Waals surface area (Å²) in [6, 6.07) is 18.0. The zero-order valence-electron chi connectivity index (χ0n) is 19.6. The molecule has 7 heteroatoms. The largest absolute Gasteiger partial charge is 0.489 e. The molecule has 4 rings (SSSR count). The Bertz CT molecular complexity index is 1270. The van der Waals surface area contributed by atoms with Gasteiger partial charge in [0.2, 0.25) is 0 Å². The maximum atomic E-state index is 12.4. The van der Waals surface area contributed by atoms with Gasteiger partial charge in [0.15, 0.2) is 4.96 Å². The molecular formula is C26H29N3O3S. The second kappa shape index (κ2) is 9.27. The predicted molar refractivity (Wildman–Crippen MR) is 133 cm³/mol. The van der Waals surface area contributed by atoms with Gasteiger partial charge in [-0.25, -0.2) is 9.78 Å². The summed E-state index contributed by atoms with van der Waals surface area (Å²) in [6.45, 7) is 10.9. The summed E-state index contributed by atoms with van der Waals surface area (Å²) in [4.78, 5) is 18.6. The van der Waals surface area contributed by atoms with E-state index in [1.807, 2.05) is 72.8 Å². The summed E-state index contributed by atoms with van der Waals surface area (Å²) in [6.07, 6.45) is 0. The minimum atomic E-state index is -0.315. The fraction of sp³-hybridized carbons (Fsp3) is 0.308. The lowest BCUT2D eigenvalue weighted by Gasteiger charge is -2.23. The third kappa shape index (κ3) is 5.03. The molecule has 6 nitrogen and oxygen atoms in total. The maximum Gasteiger partial charge on any atom is 0.350 e. The van der Waals surface area contributed by atoms with Crippen molar-refractivity contribution in [1.29, 1.82) is 0 Å². The van der Waals surface area contributed by atoms with Gasteiger partial charge in [0.25, 0.3) is 0 Å². The first-order chi connectivity index (χ1) is 15.8. The molecule has 0 atom stereocenters. The Morgan fingerprint density at radius 1 is 1.12 bits per heavy atom. The molecule has 0 aliphatic carbocycles. The van der Waals surface area contributed by atoms with Gasteiger partial charge in [-0.15, -0.1) is 0 Å². The third-order valence-corrected chi connectivity index (χ3v) is 6.14. The molecule has 33 heavy (non-hydrogen) atoms. The number of imidazole rings is 1. The first-order valence-electron chi connectivity index (χ1n) is 11.0. The Balaban J connectivity index is 1.73. The van der Waals surface area contributed by atoms with Crippen molar-refractivity contribution >= 4 is 28.1 Å². The van der Waals surface area contributed by atoms with E-state index in [0.717, 1.165) is 39.0 Å². The van der Waals surface area contributed by atoms with Crippen LogP contribution in [0.5, 0.6) is 5.75 Å². The second-order valence-electron chi connectivity index (χ2n) is 8.84. The molecule has 0 saturated carbocycles. The highest BCUT2D eigenvalue weighted by Gasteiger charge is 2.25. The Morgan fingerprint density at radius 3 is 2.58 bits per heavy atom. The lowest BCUT2D eigenvalue weighted by atomic mass is 10.1. The fourth-order valence-electron chi connectivity index (χ4n) is 3.58. The van der Waals surface area contributed by atoms with E-state index >= 15 is 0 Å². The minimum Gasteiger partial charge on any atom is -0.489 e. The Labute approximate surface area is 198 Å². The van der Waals surface area contributed by atoms with Crippen LogP contribution in [0.15, 0.2) is 54.6 Å². The Kier molecular flexibility index (Phi) is 6.42. The van der Waals surface area contributed by atoms with Crippen LogP contribution >= 0.6 is 11.3 Å². The zero-order chi connectivity index (χ0) is 23.6. The molecule has 172 valence electrons. The van der Waals surface area contributed by atoms with Crippen molar-refractivity contribution in [1.82, 2.24) is 9.38 Å². The second-order valence-corrected chi connectivity index (χ2v) is 9.82. The number of carbonyl (C=O) groups excluding carboxylic acids is 1. The van der Waals surface area contributed by atoms with E-state index in [0.29, 0.717) is 18.1 Å². The topological polar surface area (TPSA) is 64.9 Å². The smallest absolute Gasteiger partial charge is 0.350 e. The minimum absolute atomic E-state index is 0.204. The molecule has 0 radical (unpaired) electrons. The van der Waals surface area contributed by atoms with Crippen LogP contribution in [-0.4, -0.2) is 27.5 Å². The van der Waals surface area contributed by atoms with Crippen molar-refractivity contribution in [2.75, 3.05) is 11.9 Å². The number of aromatic nitrogens is 2. The standard InChI is InChI=1S/C26H29N3O3S/c1-6-31-24(30)22-17(2)29-23(28-26(3,4)5)21(27-25(29)33-22)19-13-10-14-20(15-19)32-16-18-11-8-7-9-12-18/h7-15,28H,6,16H2,1-5H3. The number of carbonyl (C=O) groups is 1. The SMILES string of the molecule is CCOC(=O)c1sc2nc(-c3cccc(OCc4ccccc4)c3)c(NC(C)(C)C)n2c1C. The van der Waals surface area contributed by atoms with Crippen LogP contribution in [0.25, 0.3) is 16.2 Å². The number of hydrogen-bond donors (Lipinski definition) is 1. The van der Waals surface area contributed by atoms with E-state index in [-0.39, 0.29) is 11.5 Å². The van der Waals surface area contributed by atoms with E-state index in [9.17, 15) is 4.79 Å². The van der Waals surface area contributed by atoms with Gasteiger partial charge in [0, 0.05) is 16.8 Å². The molecule has 2 aromatic heterocycles. The lowest BCUT2D eigenvalue weighted by molar-refractivity contribution is 0.0531. The van der Waals surface area contributed by atoms with Gasteiger partial charge >= 0.3 is 5.97 Å². The van der Waals surface area contributed by atoms with Crippen molar-refractivity contribution in [3.63, 3.8) is 0 Å². The summed E-state index contributed by atoms with van der Waals surface area (Å²) in [5, 5.41) is 3.59. The highest BCUT2D eigenvalue weighted by molar-refractivity contribution is 7.19. The quantitative estimate of drug-likeness (QED) is 0.324. The van der Waals surface area contributed by atoms with Gasteiger partial charge in [0.1, 0.15) is 28.7 Å². The van der Waals surface area contributed by atoms with Gasteiger partial charge < -0.3 is 14.8 Å². The number of rotatable bonds is 7. The van der Waals surface area contributed by atoms with Crippen LogP contribution in [0.1, 0.15) is 48.6 Å². The van der Waals surface area contributed by atoms with E-state index in [1.54, 1.807) is 0 Å². The molecule has 0 amide bonds. The number of nitrogens with zero attached hydrogens (tertiary/aromatic N) is 2. The zero-order valence-corrected chi connectivity index (χ0v) is 20.5. The van der Waals surface area contributed by atoms with E-state index in [4.69, 9.17) is 14.5 Å². The highest BCUT2D eigenvalue weighted by atomic mass is 32.1. The number of anilines is 1. The van der Waals surface area contributed by atoms with Crippen molar-refractivity contribution in [2.45, 2.75) is 46.8 Å². The van der Waals surface area contributed by atoms with Gasteiger partial charge in [-0.3, -0.25) is 4.40 Å². The third-order valence-electron chi connectivity index (χ3n) is 5.01. The van der Waals surface area contributed by atoms with Crippen molar-refractivity contribution in [2.24, 2.45) is 0 Å². The average molecular weight is 464 g/mol. The molecule has 4 aromatic rings. The van der Waals surface area contributed by atoms with E-state index in [1.165, 1.54) is 11.3 Å². The maximum absolute atomic E-state index is 12.4. The monoisotopic (exact) mass is 463 g/mol. The van der Waals surface area contributed by atoms with Crippen LogP contribution in [-0.2, 0) is 11.3 Å². The molecule has 0 aliphatic rings. The van der Waals surface area contributed by atoms with E-state index < -0.39 is 0 Å². The molecule has 0 spiro atoms. The average Bonchev–Trinajstić information content (AvgIpc) is 3.29. The summed E-state index contributed by atoms with van der Waals surface area (Å²) < 4.78 is 13.3. The number of fused-ring (bicyclic) bond motifs is 1. The molecule has 2 aromatic carbocycles. The van der Waals surface area contributed by atoms with Crippen molar-refractivity contribution < 1.29 is 14.3 Å². The normalized spacial score (nSPS) is 11.5. The van der Waals surface area contributed by atoms with Crippen LogP contribution in [0.4, 0.5) is 5.82 Å². The van der Waals surface area contributed by atoms with Crippen LogP contribution in [0.2, 0.25) is 0 Å². The molecule has 2 heterocycles. The number of aryl methyl sites for hydroxylation is 1. The number of nitrogens with one attached hydrogen (secondary N) is 1. The summed E-state index contributed by atoms with van der Waals surface area (Å²) >= 11 is 1.35. The number of esters is 1. The highest BCUT2D eigenvalue weighted by Crippen LogP contribution is 2.37. The van der Waals surface area contributed by atoms with Crippen LogP contribution < -0.4 is 10.1 Å². The number of hydrogen-bond acceptors (Lipinski definition) is 6. The first kappa shape index (κ1) is 22.9. The van der Waals surface area contributed by atoms with Gasteiger partial charge in [0.05, 0.1) is 6.61 Å². The Hall–Kier alpha value is -3.32. The summed E-state index contributed by atoms with van der Waals surface area (Å²) in [5.41, 5.74) is 3.49. The fourth-order valence-corrected chi connectivity index (χ4v) is 4.60. The molecule has 0 aliphatic heterocycles. The van der Waals surface area contributed by atoms with Gasteiger partial charge in [-0.1, -0.05) is 53.8 Å². The summed E-state index contributed by atoms with van der Waals surface area (Å²) in [7, 11) is 0. The molecular weight excluding hydrogens is 434 g/mol. The Morgan fingerprint density at radius 2 is 1.88 bits per heavy atom. The van der Waals surface area contributed by atoms with Crippen LogP contribution in [0, 0.1) is 6.92 Å². The molecule has 0 fully saturated rings. The number of thiazole rings is 1. The van der Waals surface area contributed by atoms with E-state index in [2.05, 4.69) is 26.1 Å². The van der Waals surface area contributed by atoms with Crippen molar-refractivity contribution in [3.05, 3.63) is 70.7 Å². The van der Waals surface area contributed by atoms with Gasteiger partial charge in [-0.2, -0.15) is 0 Å². The first-order valence-corrected chi connectivity index (χ1v) is 11.8. The van der Waals surface area contributed by atoms with Gasteiger partial charge in [-0.05, 0) is 52.3 Å². The number of ether oxygens (including phenoxy) is 2. The predicted octanol–water partition coefficient (Wildman–Crippen LogP) is 6.34. The molecule has 0 saturated heterocycles. The van der Waals surface area contributed by atoms with Crippen molar-refractivity contribution in [3.8, 4) is 17.0 Å². The van der Waals surface area contributed by atoms with Crippen LogP contribution in [0.3, 0.4) is 0 Å². The lowest BCUT2D eigenvalue weighted by Crippen LogP contribution is -2.27.